The standard InChI is InChI=1S/C20H19N7O3/c1-10-19-13(12-4-5-14(28)15(8-12)30-3)9-18(29)21-20(19)27(24-10)17-7-6-16-23-22-11(2)26(16)25-17/h4-8,13,28H,9H2,1-3H3,(H,21,29). The van der Waals surface area contributed by atoms with Crippen molar-refractivity contribution in [1.82, 2.24) is 29.6 Å². The normalized spacial score (nSPS) is 15.8. The number of hydrogen-bond acceptors (Lipinski definition) is 7. The highest BCUT2D eigenvalue weighted by Gasteiger charge is 2.33. The maximum atomic E-state index is 12.6. The monoisotopic (exact) mass is 405 g/mol. The van der Waals surface area contributed by atoms with E-state index in [0.29, 0.717) is 28.9 Å². The molecule has 0 saturated carbocycles. The Morgan fingerprint density at radius 1 is 1.17 bits per heavy atom. The SMILES string of the molecule is COc1cc(C2CC(=O)Nc3c2c(C)nn3-c2ccc3nnc(C)n3n2)ccc1O. The van der Waals surface area contributed by atoms with Crippen molar-refractivity contribution in [3.8, 4) is 17.3 Å². The van der Waals surface area contributed by atoms with Gasteiger partial charge in [-0.25, -0.2) is 0 Å². The summed E-state index contributed by atoms with van der Waals surface area (Å²) in [5.41, 5.74) is 3.18. The highest BCUT2D eigenvalue weighted by molar-refractivity contribution is 5.95. The molecule has 152 valence electrons. The van der Waals surface area contributed by atoms with Crippen molar-refractivity contribution in [3.05, 3.63) is 53.0 Å². The largest absolute Gasteiger partial charge is 0.504 e. The zero-order valence-electron chi connectivity index (χ0n) is 16.6. The number of methoxy groups -OCH3 is 1. The minimum absolute atomic E-state index is 0.0518. The van der Waals surface area contributed by atoms with Crippen molar-refractivity contribution in [1.29, 1.82) is 0 Å². The van der Waals surface area contributed by atoms with Crippen LogP contribution in [0, 0.1) is 13.8 Å². The van der Waals surface area contributed by atoms with Gasteiger partial charge in [-0.05, 0) is 43.7 Å². The quantitative estimate of drug-likeness (QED) is 0.536. The molecule has 0 spiro atoms. The van der Waals surface area contributed by atoms with Crippen LogP contribution in [0.1, 0.15) is 35.0 Å². The van der Waals surface area contributed by atoms with Crippen molar-refractivity contribution in [2.75, 3.05) is 12.4 Å². The average Bonchev–Trinajstić information content (AvgIpc) is 3.27. The lowest BCUT2D eigenvalue weighted by atomic mass is 9.85. The van der Waals surface area contributed by atoms with E-state index >= 15 is 0 Å². The van der Waals surface area contributed by atoms with E-state index in [1.54, 1.807) is 39.5 Å². The van der Waals surface area contributed by atoms with Gasteiger partial charge in [0.15, 0.2) is 28.8 Å². The number of hydrogen-bond donors (Lipinski definition) is 2. The summed E-state index contributed by atoms with van der Waals surface area (Å²) < 4.78 is 8.51. The van der Waals surface area contributed by atoms with Crippen molar-refractivity contribution in [2.24, 2.45) is 0 Å². The summed E-state index contributed by atoms with van der Waals surface area (Å²) in [4.78, 5) is 12.6. The second-order valence-electron chi connectivity index (χ2n) is 7.20. The Hall–Kier alpha value is -3.95. The molecule has 0 radical (unpaired) electrons. The predicted octanol–water partition coefficient (Wildman–Crippen LogP) is 2.12. The molecule has 1 amide bonds. The third-order valence-electron chi connectivity index (χ3n) is 5.33. The number of nitrogens with one attached hydrogen (secondary N) is 1. The molecule has 1 aliphatic rings. The van der Waals surface area contributed by atoms with Crippen LogP contribution in [0.4, 0.5) is 5.82 Å². The number of aryl methyl sites for hydroxylation is 2. The van der Waals surface area contributed by atoms with Gasteiger partial charge in [0, 0.05) is 17.9 Å². The second-order valence-corrected chi connectivity index (χ2v) is 7.20. The zero-order chi connectivity index (χ0) is 21.0. The van der Waals surface area contributed by atoms with E-state index in [-0.39, 0.29) is 24.0 Å². The minimum Gasteiger partial charge on any atom is -0.504 e. The number of aromatic nitrogens is 6. The Morgan fingerprint density at radius 2 is 2.00 bits per heavy atom. The van der Waals surface area contributed by atoms with Crippen LogP contribution in [0.15, 0.2) is 30.3 Å². The van der Waals surface area contributed by atoms with Crippen LogP contribution in [-0.2, 0) is 4.79 Å². The van der Waals surface area contributed by atoms with Crippen molar-refractivity contribution in [3.63, 3.8) is 0 Å². The molecule has 0 saturated heterocycles. The van der Waals surface area contributed by atoms with Gasteiger partial charge in [-0.3, -0.25) is 4.79 Å². The van der Waals surface area contributed by atoms with E-state index in [4.69, 9.17) is 4.74 Å². The lowest BCUT2D eigenvalue weighted by molar-refractivity contribution is -0.116. The van der Waals surface area contributed by atoms with Gasteiger partial charge in [-0.1, -0.05) is 6.07 Å². The Kier molecular flexibility index (Phi) is 3.95. The van der Waals surface area contributed by atoms with Gasteiger partial charge in [0.25, 0.3) is 0 Å². The number of fused-ring (bicyclic) bond motifs is 2. The van der Waals surface area contributed by atoms with Crippen LogP contribution in [0.3, 0.4) is 0 Å². The number of anilines is 1. The highest BCUT2D eigenvalue weighted by Crippen LogP contribution is 2.42. The molecular weight excluding hydrogens is 386 g/mol. The summed E-state index contributed by atoms with van der Waals surface area (Å²) in [5.74, 6) is 1.84. The third kappa shape index (κ3) is 2.68. The fourth-order valence-corrected chi connectivity index (χ4v) is 3.91. The number of rotatable bonds is 3. The number of ether oxygens (including phenoxy) is 1. The molecule has 1 unspecified atom stereocenters. The molecule has 0 bridgehead atoms. The van der Waals surface area contributed by atoms with Gasteiger partial charge in [-0.2, -0.15) is 14.3 Å². The molecule has 4 aromatic rings. The summed E-state index contributed by atoms with van der Waals surface area (Å²) in [6, 6.07) is 8.72. The van der Waals surface area contributed by atoms with Crippen LogP contribution in [-0.4, -0.2) is 47.7 Å². The fraction of sp³-hybridized carbons (Fsp3) is 0.250. The van der Waals surface area contributed by atoms with Crippen LogP contribution in [0.2, 0.25) is 0 Å². The molecule has 30 heavy (non-hydrogen) atoms. The molecule has 10 heteroatoms. The molecule has 1 aliphatic heterocycles. The first-order valence-corrected chi connectivity index (χ1v) is 9.42. The Bertz CT molecular complexity index is 1310. The van der Waals surface area contributed by atoms with E-state index in [1.807, 2.05) is 13.8 Å². The molecule has 3 aromatic heterocycles. The fourth-order valence-electron chi connectivity index (χ4n) is 3.91. The topological polar surface area (TPSA) is 119 Å². The molecule has 0 fully saturated rings. The summed E-state index contributed by atoms with van der Waals surface area (Å²) in [6.45, 7) is 3.72. The Balaban J connectivity index is 1.67. The van der Waals surface area contributed by atoms with Gasteiger partial charge in [0.2, 0.25) is 5.91 Å². The van der Waals surface area contributed by atoms with Crippen molar-refractivity contribution in [2.45, 2.75) is 26.2 Å². The lowest BCUT2D eigenvalue weighted by Gasteiger charge is -2.24. The minimum atomic E-state index is -0.225. The predicted molar refractivity (Wildman–Crippen MR) is 107 cm³/mol. The van der Waals surface area contributed by atoms with E-state index < -0.39 is 0 Å². The smallest absolute Gasteiger partial charge is 0.226 e. The van der Waals surface area contributed by atoms with Gasteiger partial charge >= 0.3 is 0 Å². The maximum absolute atomic E-state index is 12.6. The molecule has 1 aromatic carbocycles. The number of benzene rings is 1. The number of phenols is 1. The average molecular weight is 405 g/mol. The molecule has 5 rings (SSSR count). The van der Waals surface area contributed by atoms with E-state index in [0.717, 1.165) is 16.8 Å². The number of carbonyl (C=O) groups excluding carboxylic acids is 1. The summed E-state index contributed by atoms with van der Waals surface area (Å²) in [5, 5.41) is 30.2. The molecule has 4 heterocycles. The maximum Gasteiger partial charge on any atom is 0.226 e. The van der Waals surface area contributed by atoms with Crippen molar-refractivity contribution >= 4 is 17.4 Å². The van der Waals surface area contributed by atoms with Crippen LogP contribution < -0.4 is 10.1 Å². The van der Waals surface area contributed by atoms with Gasteiger partial charge < -0.3 is 15.2 Å². The highest BCUT2D eigenvalue weighted by atomic mass is 16.5. The van der Waals surface area contributed by atoms with E-state index in [1.165, 1.54) is 7.11 Å². The van der Waals surface area contributed by atoms with Crippen LogP contribution >= 0.6 is 0 Å². The van der Waals surface area contributed by atoms with Gasteiger partial charge in [0.1, 0.15) is 5.82 Å². The number of phenolic OH excluding ortho intramolecular Hbond substituents is 1. The zero-order valence-corrected chi connectivity index (χ0v) is 16.6. The number of carbonyl (C=O) groups is 1. The molecule has 0 aliphatic carbocycles. The van der Waals surface area contributed by atoms with Gasteiger partial charge in [0.05, 0.1) is 12.8 Å². The van der Waals surface area contributed by atoms with E-state index in [2.05, 4.69) is 25.7 Å². The summed E-state index contributed by atoms with van der Waals surface area (Å²) in [7, 11) is 1.50. The first kappa shape index (κ1) is 18.1. The first-order chi connectivity index (χ1) is 14.5. The summed E-state index contributed by atoms with van der Waals surface area (Å²) >= 11 is 0. The molecule has 1 atom stereocenters. The van der Waals surface area contributed by atoms with Gasteiger partial charge in [-0.15, -0.1) is 15.3 Å². The third-order valence-corrected chi connectivity index (χ3v) is 5.33. The second kappa shape index (κ2) is 6.55. The Labute approximate surface area is 171 Å². The number of amides is 1. The molecular formula is C20H19N7O3. The van der Waals surface area contributed by atoms with Crippen molar-refractivity contribution < 1.29 is 14.6 Å². The first-order valence-electron chi connectivity index (χ1n) is 9.42. The lowest BCUT2D eigenvalue weighted by Crippen LogP contribution is -2.25. The van der Waals surface area contributed by atoms with Crippen LogP contribution in [0.25, 0.3) is 11.5 Å². The Morgan fingerprint density at radius 3 is 2.80 bits per heavy atom. The number of aromatic hydroxyl groups is 1. The molecule has 10 nitrogen and oxygen atoms in total. The summed E-state index contributed by atoms with van der Waals surface area (Å²) in [6.07, 6.45) is 0.268. The molecule has 2 N–H and O–H groups in total. The van der Waals surface area contributed by atoms with Crippen LogP contribution in [0.5, 0.6) is 11.5 Å². The number of nitrogens with zero attached hydrogens (tertiary/aromatic N) is 6. The van der Waals surface area contributed by atoms with E-state index in [9.17, 15) is 9.90 Å².